The lowest BCUT2D eigenvalue weighted by molar-refractivity contribution is -0.144. The number of nitrogens with one attached hydrogen (secondary N) is 1. The van der Waals surface area contributed by atoms with Crippen LogP contribution in [-0.4, -0.2) is 40.9 Å². The molecule has 5 rings (SSSR count). The summed E-state index contributed by atoms with van der Waals surface area (Å²) < 4.78 is 5.23. The van der Waals surface area contributed by atoms with Gasteiger partial charge in [0.25, 0.3) is 0 Å². The maximum Gasteiger partial charge on any atom is 0.220 e. The van der Waals surface area contributed by atoms with Crippen LogP contribution in [-0.2, 0) is 17.8 Å². The van der Waals surface area contributed by atoms with E-state index >= 15 is 0 Å². The third-order valence-corrected chi connectivity index (χ3v) is 10.1. The molecule has 5 atom stereocenters. The number of aromatic nitrogens is 1. The highest BCUT2D eigenvalue weighted by Gasteiger charge is 2.59. The number of benzene rings is 2. The van der Waals surface area contributed by atoms with E-state index in [4.69, 9.17) is 9.72 Å². The van der Waals surface area contributed by atoms with Gasteiger partial charge in [-0.05, 0) is 48.3 Å². The fourth-order valence-electron chi connectivity index (χ4n) is 6.55. The average molecular weight is 521 g/mol. The van der Waals surface area contributed by atoms with Gasteiger partial charge in [-0.3, -0.25) is 4.79 Å². The van der Waals surface area contributed by atoms with E-state index < -0.39 is 11.5 Å². The standard InChI is InChI=1S/C30H36N2O4S/c1-29-14-13-25(34)30(2,18-33)24(29)16-23-27(32-28(37-23)20-7-5-4-6-8-20)22(29)15-26(35)31-17-19-9-11-21(36-3)12-10-19/h4-12,22,24-25,33-34H,13-18H2,1-3H3,(H,31,35). The Labute approximate surface area is 222 Å². The Hall–Kier alpha value is -2.74. The average Bonchev–Trinajstić information content (AvgIpc) is 3.36. The third-order valence-electron chi connectivity index (χ3n) is 8.95. The number of methoxy groups -OCH3 is 1. The molecule has 6 nitrogen and oxygen atoms in total. The van der Waals surface area contributed by atoms with Gasteiger partial charge in [0.05, 0.1) is 25.5 Å². The normalized spacial score (nSPS) is 28.7. The van der Waals surface area contributed by atoms with Crippen molar-refractivity contribution in [3.05, 3.63) is 70.7 Å². The van der Waals surface area contributed by atoms with Crippen LogP contribution >= 0.6 is 11.3 Å². The SMILES string of the molecule is COc1ccc(CNC(=O)CC2c3nc(-c4ccccc4)sc3CC3C(C)(CO)C(O)CCC23C)cc1. The molecule has 1 heterocycles. The van der Waals surface area contributed by atoms with Crippen molar-refractivity contribution in [2.75, 3.05) is 13.7 Å². The largest absolute Gasteiger partial charge is 0.497 e. The summed E-state index contributed by atoms with van der Waals surface area (Å²) in [6, 6.07) is 17.9. The summed E-state index contributed by atoms with van der Waals surface area (Å²) in [5, 5.41) is 25.5. The molecule has 2 aliphatic carbocycles. The predicted octanol–water partition coefficient (Wildman–Crippen LogP) is 4.94. The van der Waals surface area contributed by atoms with Crippen molar-refractivity contribution in [3.63, 3.8) is 0 Å². The summed E-state index contributed by atoms with van der Waals surface area (Å²) in [6.07, 6.45) is 1.92. The maximum atomic E-state index is 13.3. The number of ether oxygens (including phenoxy) is 1. The van der Waals surface area contributed by atoms with Gasteiger partial charge in [0.15, 0.2) is 0 Å². The Morgan fingerprint density at radius 2 is 1.89 bits per heavy atom. The van der Waals surface area contributed by atoms with Crippen LogP contribution in [0.1, 0.15) is 55.2 Å². The number of hydrogen-bond donors (Lipinski definition) is 3. The first-order chi connectivity index (χ1) is 17.8. The zero-order valence-corrected chi connectivity index (χ0v) is 22.6. The van der Waals surface area contributed by atoms with Crippen LogP contribution in [0, 0.1) is 16.7 Å². The minimum atomic E-state index is -0.626. The van der Waals surface area contributed by atoms with Gasteiger partial charge in [-0.15, -0.1) is 11.3 Å². The van der Waals surface area contributed by atoms with Gasteiger partial charge in [0.2, 0.25) is 5.91 Å². The number of carbonyl (C=O) groups excluding carboxylic acids is 1. The first kappa shape index (κ1) is 25.9. The van der Waals surface area contributed by atoms with E-state index in [-0.39, 0.29) is 29.8 Å². The molecule has 0 saturated heterocycles. The van der Waals surface area contributed by atoms with Gasteiger partial charge in [-0.1, -0.05) is 56.3 Å². The fourth-order valence-corrected chi connectivity index (χ4v) is 7.73. The molecule has 0 bridgehead atoms. The minimum Gasteiger partial charge on any atom is -0.497 e. The van der Waals surface area contributed by atoms with Gasteiger partial charge in [0, 0.05) is 34.7 Å². The summed E-state index contributed by atoms with van der Waals surface area (Å²) >= 11 is 1.68. The Morgan fingerprint density at radius 3 is 2.57 bits per heavy atom. The van der Waals surface area contributed by atoms with Gasteiger partial charge < -0.3 is 20.3 Å². The molecular formula is C30H36N2O4S. The molecule has 1 saturated carbocycles. The zero-order chi connectivity index (χ0) is 26.2. The summed E-state index contributed by atoms with van der Waals surface area (Å²) in [5.41, 5.74) is 2.21. The molecule has 3 N–H and O–H groups in total. The van der Waals surface area contributed by atoms with E-state index in [9.17, 15) is 15.0 Å². The summed E-state index contributed by atoms with van der Waals surface area (Å²) in [6.45, 7) is 4.61. The number of nitrogens with zero attached hydrogens (tertiary/aromatic N) is 1. The van der Waals surface area contributed by atoms with Crippen LogP contribution in [0.3, 0.4) is 0 Å². The Bertz CT molecular complexity index is 1240. The van der Waals surface area contributed by atoms with Crippen LogP contribution in [0.15, 0.2) is 54.6 Å². The first-order valence-corrected chi connectivity index (χ1v) is 13.8. The number of aliphatic hydroxyl groups is 2. The molecule has 0 aliphatic heterocycles. The lowest BCUT2D eigenvalue weighted by Crippen LogP contribution is -2.57. The van der Waals surface area contributed by atoms with E-state index in [2.05, 4.69) is 24.4 Å². The van der Waals surface area contributed by atoms with E-state index in [0.29, 0.717) is 19.4 Å². The van der Waals surface area contributed by atoms with E-state index in [0.717, 1.165) is 40.4 Å². The highest BCUT2D eigenvalue weighted by Crippen LogP contribution is 2.62. The number of thiazole rings is 1. The highest BCUT2D eigenvalue weighted by molar-refractivity contribution is 7.15. The van der Waals surface area contributed by atoms with Crippen molar-refractivity contribution in [2.24, 2.45) is 16.7 Å². The predicted molar refractivity (Wildman–Crippen MR) is 145 cm³/mol. The Balaban J connectivity index is 1.46. The minimum absolute atomic E-state index is 0.0141. The molecule has 0 spiro atoms. The zero-order valence-electron chi connectivity index (χ0n) is 21.7. The van der Waals surface area contributed by atoms with Crippen molar-refractivity contribution < 1.29 is 19.7 Å². The first-order valence-electron chi connectivity index (χ1n) is 13.0. The van der Waals surface area contributed by atoms with E-state index in [1.165, 1.54) is 4.88 Å². The number of rotatable bonds is 7. The van der Waals surface area contributed by atoms with Crippen molar-refractivity contribution in [1.29, 1.82) is 0 Å². The highest BCUT2D eigenvalue weighted by atomic mass is 32.1. The Morgan fingerprint density at radius 1 is 1.16 bits per heavy atom. The molecule has 2 aromatic carbocycles. The fraction of sp³-hybridized carbons (Fsp3) is 0.467. The topological polar surface area (TPSA) is 91.7 Å². The second kappa shape index (κ2) is 10.2. The van der Waals surface area contributed by atoms with Crippen LogP contribution in [0.5, 0.6) is 5.75 Å². The van der Waals surface area contributed by atoms with Crippen LogP contribution < -0.4 is 10.1 Å². The molecule has 37 heavy (non-hydrogen) atoms. The molecule has 3 aromatic rings. The van der Waals surface area contributed by atoms with Gasteiger partial charge in [-0.2, -0.15) is 0 Å². The van der Waals surface area contributed by atoms with Gasteiger partial charge in [-0.25, -0.2) is 4.98 Å². The maximum absolute atomic E-state index is 13.3. The Kier molecular flexibility index (Phi) is 7.14. The summed E-state index contributed by atoms with van der Waals surface area (Å²) in [5.74, 6) is 0.724. The van der Waals surface area contributed by atoms with E-state index in [1.54, 1.807) is 18.4 Å². The lowest BCUT2D eigenvalue weighted by atomic mass is 9.47. The molecule has 0 radical (unpaired) electrons. The lowest BCUT2D eigenvalue weighted by Gasteiger charge is -2.58. The van der Waals surface area contributed by atoms with Gasteiger partial charge >= 0.3 is 0 Å². The molecule has 5 unspecified atom stereocenters. The molecule has 2 aliphatic rings. The third kappa shape index (κ3) is 4.69. The van der Waals surface area contributed by atoms with Crippen molar-refractivity contribution in [2.45, 2.75) is 58.1 Å². The number of amides is 1. The number of hydrogen-bond acceptors (Lipinski definition) is 6. The number of fused-ring (bicyclic) bond motifs is 2. The van der Waals surface area contributed by atoms with Crippen molar-refractivity contribution in [3.8, 4) is 16.3 Å². The molecule has 196 valence electrons. The van der Waals surface area contributed by atoms with Crippen molar-refractivity contribution >= 4 is 17.2 Å². The quantitative estimate of drug-likeness (QED) is 0.410. The summed E-state index contributed by atoms with van der Waals surface area (Å²) in [4.78, 5) is 19.6. The van der Waals surface area contributed by atoms with Crippen LogP contribution in [0.4, 0.5) is 0 Å². The second-order valence-electron chi connectivity index (χ2n) is 11.1. The number of carbonyl (C=O) groups is 1. The van der Waals surface area contributed by atoms with E-state index in [1.807, 2.05) is 49.4 Å². The molecular weight excluding hydrogens is 484 g/mol. The second-order valence-corrected chi connectivity index (χ2v) is 12.1. The van der Waals surface area contributed by atoms with Crippen LogP contribution in [0.2, 0.25) is 0 Å². The summed E-state index contributed by atoms with van der Waals surface area (Å²) in [7, 11) is 1.64. The van der Waals surface area contributed by atoms with Crippen molar-refractivity contribution in [1.82, 2.24) is 10.3 Å². The number of aliphatic hydroxyl groups excluding tert-OH is 2. The molecule has 7 heteroatoms. The molecule has 1 fully saturated rings. The molecule has 1 aromatic heterocycles. The molecule has 1 amide bonds. The monoisotopic (exact) mass is 520 g/mol. The van der Waals surface area contributed by atoms with Crippen LogP contribution in [0.25, 0.3) is 10.6 Å². The van der Waals surface area contributed by atoms with Gasteiger partial charge in [0.1, 0.15) is 10.8 Å². The smallest absolute Gasteiger partial charge is 0.220 e.